The monoisotopic (exact) mass is 167 g/mol. The van der Waals surface area contributed by atoms with Crippen LogP contribution in [0.5, 0.6) is 0 Å². The van der Waals surface area contributed by atoms with Gasteiger partial charge in [0.1, 0.15) is 0 Å². The van der Waals surface area contributed by atoms with E-state index < -0.39 is 0 Å². The van der Waals surface area contributed by atoms with Crippen molar-refractivity contribution in [3.05, 3.63) is 18.2 Å². The lowest BCUT2D eigenvalue weighted by molar-refractivity contribution is -0.120. The molecule has 1 amide bonds. The molecular weight excluding hydrogens is 154 g/mol. The number of rotatable bonds is 3. The molecule has 1 N–H and O–H groups in total. The topological polar surface area (TPSA) is 46.9 Å². The molecule has 0 spiro atoms. The number of carbonyl (C=O) groups excluding carboxylic acids is 1. The van der Waals surface area contributed by atoms with Crippen LogP contribution in [0.4, 0.5) is 0 Å². The van der Waals surface area contributed by atoms with Gasteiger partial charge < -0.3 is 9.88 Å². The zero-order valence-corrected chi connectivity index (χ0v) is 7.37. The molecule has 1 heterocycles. The van der Waals surface area contributed by atoms with Crippen molar-refractivity contribution in [3.63, 3.8) is 0 Å². The van der Waals surface area contributed by atoms with Gasteiger partial charge in [-0.2, -0.15) is 0 Å². The van der Waals surface area contributed by atoms with Crippen molar-refractivity contribution < 1.29 is 4.79 Å². The number of hydrogen-bond acceptors (Lipinski definition) is 2. The Kier molecular flexibility index (Phi) is 2.85. The van der Waals surface area contributed by atoms with E-state index >= 15 is 0 Å². The summed E-state index contributed by atoms with van der Waals surface area (Å²) in [5.41, 5.74) is 1.08. The predicted octanol–water partition coefficient (Wildman–Crippen LogP) is 0.0987. The van der Waals surface area contributed by atoms with E-state index in [1.165, 1.54) is 0 Å². The quantitative estimate of drug-likeness (QED) is 0.694. The van der Waals surface area contributed by atoms with Crippen LogP contribution in [0.3, 0.4) is 0 Å². The molecule has 1 rings (SSSR count). The van der Waals surface area contributed by atoms with Crippen LogP contribution in [0.2, 0.25) is 0 Å². The fourth-order valence-electron chi connectivity index (χ4n) is 0.992. The lowest BCUT2D eigenvalue weighted by atomic mass is 10.2. The Hall–Kier alpha value is -1.32. The molecule has 0 atom stereocenters. The van der Waals surface area contributed by atoms with Gasteiger partial charge in [0.15, 0.2) is 0 Å². The highest BCUT2D eigenvalue weighted by Crippen LogP contribution is 1.99. The fraction of sp³-hybridized carbons (Fsp3) is 0.500. The van der Waals surface area contributed by atoms with Crippen LogP contribution in [-0.2, 0) is 18.3 Å². The molecular formula is C8H13N3O. The van der Waals surface area contributed by atoms with Crippen LogP contribution in [-0.4, -0.2) is 22.5 Å². The van der Waals surface area contributed by atoms with E-state index in [0.717, 1.165) is 12.1 Å². The molecule has 1 aromatic heterocycles. The van der Waals surface area contributed by atoms with Gasteiger partial charge in [0.25, 0.3) is 0 Å². The largest absolute Gasteiger partial charge is 0.359 e. The van der Waals surface area contributed by atoms with Crippen LogP contribution >= 0.6 is 0 Å². The average molecular weight is 167 g/mol. The minimum Gasteiger partial charge on any atom is -0.359 e. The summed E-state index contributed by atoms with van der Waals surface area (Å²) in [4.78, 5) is 14.8. The highest BCUT2D eigenvalue weighted by molar-refractivity contribution is 5.75. The van der Waals surface area contributed by atoms with E-state index in [4.69, 9.17) is 0 Å². The molecule has 0 aromatic carbocycles. The van der Waals surface area contributed by atoms with E-state index in [1.54, 1.807) is 19.6 Å². The van der Waals surface area contributed by atoms with E-state index in [2.05, 4.69) is 10.3 Å². The van der Waals surface area contributed by atoms with Crippen LogP contribution in [0.15, 0.2) is 12.5 Å². The average Bonchev–Trinajstić information content (AvgIpc) is 2.47. The molecule has 0 unspecified atom stereocenters. The summed E-state index contributed by atoms with van der Waals surface area (Å²) < 4.78 is 1.92. The Labute approximate surface area is 71.6 Å². The summed E-state index contributed by atoms with van der Waals surface area (Å²) in [5.74, 6) is 0.0659. The van der Waals surface area contributed by atoms with Gasteiger partial charge in [0.05, 0.1) is 6.33 Å². The molecule has 1 aromatic rings. The molecule has 0 aliphatic rings. The van der Waals surface area contributed by atoms with Crippen LogP contribution in [0, 0.1) is 0 Å². The van der Waals surface area contributed by atoms with Crippen molar-refractivity contribution in [3.8, 4) is 0 Å². The van der Waals surface area contributed by atoms with E-state index in [1.807, 2.05) is 11.6 Å². The number of hydrogen-bond donors (Lipinski definition) is 1. The molecule has 12 heavy (non-hydrogen) atoms. The third kappa shape index (κ3) is 2.08. The van der Waals surface area contributed by atoms with Crippen molar-refractivity contribution in [2.45, 2.75) is 12.8 Å². The van der Waals surface area contributed by atoms with Crippen LogP contribution in [0.1, 0.15) is 12.1 Å². The first-order chi connectivity index (χ1) is 5.74. The van der Waals surface area contributed by atoms with E-state index in [-0.39, 0.29) is 5.91 Å². The van der Waals surface area contributed by atoms with Crippen molar-refractivity contribution in [1.82, 2.24) is 14.9 Å². The SMILES string of the molecule is CNC(=O)CCc1cncn1C. The second-order valence-corrected chi connectivity index (χ2v) is 2.67. The van der Waals surface area contributed by atoms with E-state index in [9.17, 15) is 4.79 Å². The zero-order valence-electron chi connectivity index (χ0n) is 7.37. The van der Waals surface area contributed by atoms with Crippen molar-refractivity contribution in [2.75, 3.05) is 7.05 Å². The Balaban J connectivity index is 2.43. The second-order valence-electron chi connectivity index (χ2n) is 2.67. The summed E-state index contributed by atoms with van der Waals surface area (Å²) >= 11 is 0. The summed E-state index contributed by atoms with van der Waals surface area (Å²) in [6.45, 7) is 0. The van der Waals surface area contributed by atoms with Crippen LogP contribution in [0.25, 0.3) is 0 Å². The number of aryl methyl sites for hydroxylation is 2. The minimum absolute atomic E-state index is 0.0659. The summed E-state index contributed by atoms with van der Waals surface area (Å²) in [6, 6.07) is 0. The van der Waals surface area contributed by atoms with Crippen molar-refractivity contribution in [2.24, 2.45) is 7.05 Å². The summed E-state index contributed by atoms with van der Waals surface area (Å²) in [6.07, 6.45) is 4.79. The number of nitrogens with one attached hydrogen (secondary N) is 1. The molecule has 0 radical (unpaired) electrons. The first-order valence-electron chi connectivity index (χ1n) is 3.90. The molecule has 66 valence electrons. The molecule has 0 saturated heterocycles. The third-order valence-corrected chi connectivity index (χ3v) is 1.80. The fourth-order valence-corrected chi connectivity index (χ4v) is 0.992. The summed E-state index contributed by atoms with van der Waals surface area (Å²) in [7, 11) is 3.57. The molecule has 4 nitrogen and oxygen atoms in total. The maximum Gasteiger partial charge on any atom is 0.220 e. The standard InChI is InChI=1S/C8H13N3O/c1-9-8(12)4-3-7-5-10-6-11(7)2/h5-6H,3-4H2,1-2H3,(H,9,12). The van der Waals surface area contributed by atoms with Gasteiger partial charge in [-0.1, -0.05) is 0 Å². The van der Waals surface area contributed by atoms with Gasteiger partial charge in [-0.15, -0.1) is 0 Å². The Morgan fingerprint density at radius 3 is 3.00 bits per heavy atom. The number of imidazole rings is 1. The Morgan fingerprint density at radius 1 is 1.75 bits per heavy atom. The smallest absolute Gasteiger partial charge is 0.220 e. The molecule has 0 aliphatic carbocycles. The lowest BCUT2D eigenvalue weighted by Gasteiger charge is -2.00. The first kappa shape index (κ1) is 8.77. The van der Waals surface area contributed by atoms with Gasteiger partial charge in [-0.25, -0.2) is 4.98 Å². The second kappa shape index (κ2) is 3.90. The molecule has 4 heteroatoms. The van der Waals surface area contributed by atoms with Crippen molar-refractivity contribution in [1.29, 1.82) is 0 Å². The summed E-state index contributed by atoms with van der Waals surface area (Å²) in [5, 5.41) is 2.58. The highest BCUT2D eigenvalue weighted by Gasteiger charge is 2.01. The minimum atomic E-state index is 0.0659. The van der Waals surface area contributed by atoms with E-state index in [0.29, 0.717) is 6.42 Å². The third-order valence-electron chi connectivity index (χ3n) is 1.80. The van der Waals surface area contributed by atoms with Crippen molar-refractivity contribution >= 4 is 5.91 Å². The van der Waals surface area contributed by atoms with Gasteiger partial charge in [-0.05, 0) is 6.42 Å². The van der Waals surface area contributed by atoms with Gasteiger partial charge in [0.2, 0.25) is 5.91 Å². The molecule has 0 saturated carbocycles. The maximum absolute atomic E-state index is 10.9. The number of amides is 1. The maximum atomic E-state index is 10.9. The van der Waals surface area contributed by atoms with Gasteiger partial charge in [0, 0.05) is 32.4 Å². The molecule has 0 bridgehead atoms. The zero-order chi connectivity index (χ0) is 8.97. The number of nitrogens with zero attached hydrogens (tertiary/aromatic N) is 2. The normalized spacial score (nSPS) is 9.83. The predicted molar refractivity (Wildman–Crippen MR) is 45.6 cm³/mol. The lowest BCUT2D eigenvalue weighted by Crippen LogP contribution is -2.18. The Morgan fingerprint density at radius 2 is 2.50 bits per heavy atom. The number of carbonyl (C=O) groups is 1. The van der Waals surface area contributed by atoms with Crippen LogP contribution < -0.4 is 5.32 Å². The first-order valence-corrected chi connectivity index (χ1v) is 3.90. The molecule has 0 fully saturated rings. The molecule has 0 aliphatic heterocycles. The Bertz CT molecular complexity index is 267. The number of aromatic nitrogens is 2. The van der Waals surface area contributed by atoms with Gasteiger partial charge >= 0.3 is 0 Å². The highest BCUT2D eigenvalue weighted by atomic mass is 16.1. The van der Waals surface area contributed by atoms with Gasteiger partial charge in [-0.3, -0.25) is 4.79 Å².